The van der Waals surface area contributed by atoms with Gasteiger partial charge < -0.3 is 18.8 Å². The number of hydrogen-bond acceptors (Lipinski definition) is 5. The molecule has 23 heavy (non-hydrogen) atoms. The maximum atomic E-state index is 12.0. The van der Waals surface area contributed by atoms with E-state index in [0.29, 0.717) is 30.0 Å². The zero-order valence-electron chi connectivity index (χ0n) is 14.8. The summed E-state index contributed by atoms with van der Waals surface area (Å²) in [7, 11) is -0.587. The largest absolute Gasteiger partial charge is 0.498 e. The first-order valence-corrected chi connectivity index (χ1v) is 8.01. The fourth-order valence-corrected chi connectivity index (χ4v) is 2.33. The van der Waals surface area contributed by atoms with E-state index in [4.69, 9.17) is 18.8 Å². The highest BCUT2D eigenvalue weighted by molar-refractivity contribution is 6.63. The number of hydrogen-bond donors (Lipinski definition) is 0. The van der Waals surface area contributed by atoms with Crippen molar-refractivity contribution in [3.8, 4) is 5.75 Å². The minimum atomic E-state index is -0.587. The lowest BCUT2D eigenvalue weighted by molar-refractivity contribution is 0.00578. The van der Waals surface area contributed by atoms with Crippen LogP contribution in [-0.4, -0.2) is 37.5 Å². The third-order valence-electron chi connectivity index (χ3n) is 4.33. The SMILES string of the molecule is CCOC(=O)c1ccc(OCC)c(B2OC(C)(C)C(C)(C)O2)c1. The van der Waals surface area contributed by atoms with Crippen LogP contribution in [0.3, 0.4) is 0 Å². The summed E-state index contributed by atoms with van der Waals surface area (Å²) in [5.41, 5.74) is 0.249. The van der Waals surface area contributed by atoms with Gasteiger partial charge in [0, 0.05) is 5.46 Å². The normalized spacial score (nSPS) is 18.8. The van der Waals surface area contributed by atoms with E-state index in [0.717, 1.165) is 0 Å². The van der Waals surface area contributed by atoms with Crippen LogP contribution in [0.25, 0.3) is 0 Å². The molecule has 0 amide bonds. The summed E-state index contributed by atoms with van der Waals surface area (Å²) in [6.07, 6.45) is 0. The Hall–Kier alpha value is -1.53. The molecular formula is C17H25BO5. The maximum absolute atomic E-state index is 12.0. The van der Waals surface area contributed by atoms with Crippen molar-refractivity contribution in [1.29, 1.82) is 0 Å². The highest BCUT2D eigenvalue weighted by atomic mass is 16.7. The van der Waals surface area contributed by atoms with Gasteiger partial charge in [-0.3, -0.25) is 0 Å². The first-order chi connectivity index (χ1) is 10.7. The second-order valence-corrected chi connectivity index (χ2v) is 6.49. The van der Waals surface area contributed by atoms with Crippen LogP contribution >= 0.6 is 0 Å². The van der Waals surface area contributed by atoms with E-state index >= 15 is 0 Å². The Kier molecular flexibility index (Phi) is 5.06. The van der Waals surface area contributed by atoms with Gasteiger partial charge in [0.1, 0.15) is 5.75 Å². The van der Waals surface area contributed by atoms with Crippen molar-refractivity contribution in [1.82, 2.24) is 0 Å². The third-order valence-corrected chi connectivity index (χ3v) is 4.33. The molecule has 0 aromatic heterocycles. The number of esters is 1. The Morgan fingerprint density at radius 2 is 1.70 bits per heavy atom. The molecule has 6 heteroatoms. The van der Waals surface area contributed by atoms with Gasteiger partial charge in [-0.1, -0.05) is 0 Å². The van der Waals surface area contributed by atoms with Crippen LogP contribution in [-0.2, 0) is 14.0 Å². The monoisotopic (exact) mass is 320 g/mol. The number of carbonyl (C=O) groups is 1. The van der Waals surface area contributed by atoms with E-state index in [-0.39, 0.29) is 5.97 Å². The Bertz CT molecular complexity index is 566. The molecule has 2 rings (SSSR count). The van der Waals surface area contributed by atoms with E-state index < -0.39 is 18.3 Å². The lowest BCUT2D eigenvalue weighted by Crippen LogP contribution is -2.41. The van der Waals surface area contributed by atoms with Gasteiger partial charge in [0.2, 0.25) is 0 Å². The van der Waals surface area contributed by atoms with Gasteiger partial charge in [0.05, 0.1) is 30.0 Å². The highest BCUT2D eigenvalue weighted by Crippen LogP contribution is 2.37. The molecule has 0 saturated carbocycles. The lowest BCUT2D eigenvalue weighted by Gasteiger charge is -2.32. The van der Waals surface area contributed by atoms with Crippen LogP contribution in [0.1, 0.15) is 51.9 Å². The van der Waals surface area contributed by atoms with Crippen LogP contribution in [0.2, 0.25) is 0 Å². The zero-order chi connectivity index (χ0) is 17.3. The first-order valence-electron chi connectivity index (χ1n) is 8.01. The van der Waals surface area contributed by atoms with Gasteiger partial charge in [-0.2, -0.15) is 0 Å². The molecule has 1 aliphatic heterocycles. The molecule has 5 nitrogen and oxygen atoms in total. The Labute approximate surface area is 138 Å². The van der Waals surface area contributed by atoms with Crippen LogP contribution in [0.5, 0.6) is 5.75 Å². The fraction of sp³-hybridized carbons (Fsp3) is 0.588. The molecule has 0 spiro atoms. The van der Waals surface area contributed by atoms with Gasteiger partial charge >= 0.3 is 13.1 Å². The Morgan fingerprint density at radius 3 is 2.22 bits per heavy atom. The second-order valence-electron chi connectivity index (χ2n) is 6.49. The van der Waals surface area contributed by atoms with Crippen molar-refractivity contribution < 1.29 is 23.6 Å². The van der Waals surface area contributed by atoms with Gasteiger partial charge in [0.25, 0.3) is 0 Å². The van der Waals surface area contributed by atoms with Crippen molar-refractivity contribution in [3.05, 3.63) is 23.8 Å². The van der Waals surface area contributed by atoms with Gasteiger partial charge in [-0.15, -0.1) is 0 Å². The van der Waals surface area contributed by atoms with Crippen molar-refractivity contribution >= 4 is 18.6 Å². The smallest absolute Gasteiger partial charge is 0.494 e. The minimum Gasteiger partial charge on any atom is -0.494 e. The van der Waals surface area contributed by atoms with E-state index in [1.807, 2.05) is 34.6 Å². The molecule has 1 fully saturated rings. The zero-order valence-corrected chi connectivity index (χ0v) is 14.8. The van der Waals surface area contributed by atoms with E-state index in [1.165, 1.54) is 0 Å². The summed E-state index contributed by atoms with van der Waals surface area (Å²) in [5, 5.41) is 0. The summed E-state index contributed by atoms with van der Waals surface area (Å²) in [6.45, 7) is 12.5. The predicted octanol–water partition coefficient (Wildman–Crippen LogP) is 2.56. The predicted molar refractivity (Wildman–Crippen MR) is 89.3 cm³/mol. The van der Waals surface area contributed by atoms with Crippen molar-refractivity contribution in [2.75, 3.05) is 13.2 Å². The number of benzene rings is 1. The molecule has 1 aliphatic rings. The van der Waals surface area contributed by atoms with Crippen molar-refractivity contribution in [2.45, 2.75) is 52.7 Å². The van der Waals surface area contributed by atoms with Gasteiger partial charge in [-0.05, 0) is 59.7 Å². The van der Waals surface area contributed by atoms with Crippen molar-refractivity contribution in [3.63, 3.8) is 0 Å². The number of carbonyl (C=O) groups excluding carboxylic acids is 1. The van der Waals surface area contributed by atoms with Crippen LogP contribution < -0.4 is 10.2 Å². The Balaban J connectivity index is 2.39. The fourth-order valence-electron chi connectivity index (χ4n) is 2.33. The van der Waals surface area contributed by atoms with Crippen LogP contribution in [0.15, 0.2) is 18.2 Å². The topological polar surface area (TPSA) is 54.0 Å². The number of rotatable bonds is 5. The molecule has 0 bridgehead atoms. The second kappa shape index (κ2) is 6.53. The average molecular weight is 320 g/mol. The van der Waals surface area contributed by atoms with Gasteiger partial charge in [-0.25, -0.2) is 4.79 Å². The molecule has 1 aromatic rings. The minimum absolute atomic E-state index is 0.331. The molecule has 0 radical (unpaired) electrons. The molecule has 1 saturated heterocycles. The molecule has 126 valence electrons. The highest BCUT2D eigenvalue weighted by Gasteiger charge is 2.52. The Morgan fingerprint density at radius 1 is 1.09 bits per heavy atom. The van der Waals surface area contributed by atoms with Crippen LogP contribution in [0.4, 0.5) is 0 Å². The van der Waals surface area contributed by atoms with Crippen LogP contribution in [0, 0.1) is 0 Å². The van der Waals surface area contributed by atoms with E-state index in [9.17, 15) is 4.79 Å². The summed E-state index contributed by atoms with van der Waals surface area (Å²) in [6, 6.07) is 5.18. The standard InChI is InChI=1S/C17H25BO5/c1-7-20-14-10-9-12(15(19)21-8-2)11-13(14)18-22-16(3,4)17(5,6)23-18/h9-11H,7-8H2,1-6H3. The summed E-state index contributed by atoms with van der Waals surface area (Å²) in [4.78, 5) is 12.0. The van der Waals surface area contributed by atoms with E-state index in [1.54, 1.807) is 25.1 Å². The first kappa shape index (κ1) is 17.8. The molecule has 0 N–H and O–H groups in total. The molecular weight excluding hydrogens is 295 g/mol. The summed E-state index contributed by atoms with van der Waals surface area (Å²) in [5.74, 6) is 0.285. The maximum Gasteiger partial charge on any atom is 0.498 e. The average Bonchev–Trinajstić information content (AvgIpc) is 2.68. The molecule has 0 aliphatic carbocycles. The third kappa shape index (κ3) is 3.53. The molecule has 0 atom stereocenters. The number of ether oxygens (including phenoxy) is 2. The molecule has 0 unspecified atom stereocenters. The van der Waals surface area contributed by atoms with Gasteiger partial charge in [0.15, 0.2) is 0 Å². The lowest BCUT2D eigenvalue weighted by atomic mass is 9.77. The summed E-state index contributed by atoms with van der Waals surface area (Å²) < 4.78 is 22.9. The molecule has 1 aromatic carbocycles. The van der Waals surface area contributed by atoms with Crippen molar-refractivity contribution in [2.24, 2.45) is 0 Å². The molecule has 1 heterocycles. The summed E-state index contributed by atoms with van der Waals surface area (Å²) >= 11 is 0. The van der Waals surface area contributed by atoms with E-state index in [2.05, 4.69) is 0 Å². The quantitative estimate of drug-likeness (QED) is 0.616.